The Morgan fingerprint density at radius 1 is 1.03 bits per heavy atom. The molecule has 16 heteroatoms. The average Bonchev–Trinajstić information content (AvgIpc) is 3.75. The fourth-order valence-corrected chi connectivity index (χ4v) is 10.0. The lowest BCUT2D eigenvalue weighted by Gasteiger charge is -2.47. The number of fused-ring (bicyclic) bond motifs is 1. The van der Waals surface area contributed by atoms with Crippen LogP contribution in [-0.4, -0.2) is 147 Å². The molecule has 2 bridgehead atoms. The van der Waals surface area contributed by atoms with Crippen molar-refractivity contribution in [3.63, 3.8) is 0 Å². The smallest absolute Gasteiger partial charge is 0.425 e. The summed E-state index contributed by atoms with van der Waals surface area (Å²) in [6.45, 7) is 14.7. The van der Waals surface area contributed by atoms with Gasteiger partial charge in [-0.15, -0.1) is 0 Å². The van der Waals surface area contributed by atoms with Gasteiger partial charge in [-0.3, -0.25) is 9.79 Å². The molecule has 2 aromatic rings. The van der Waals surface area contributed by atoms with Gasteiger partial charge < -0.3 is 38.3 Å². The molecule has 6 rings (SSSR count). The fraction of sp³-hybridized carbons (Fsp3) is 0.705. The number of cyclic esters (lactones) is 1. The van der Waals surface area contributed by atoms with Crippen LogP contribution in [0.4, 0.5) is 9.18 Å². The van der Waals surface area contributed by atoms with Gasteiger partial charge in [0.15, 0.2) is 17.7 Å². The summed E-state index contributed by atoms with van der Waals surface area (Å²) >= 11 is 0. The number of methoxy groups -OCH3 is 1. The van der Waals surface area contributed by atoms with Crippen molar-refractivity contribution < 1.29 is 47.6 Å². The number of hydrogen-bond acceptors (Lipinski definition) is 13. The highest BCUT2D eigenvalue weighted by Crippen LogP contribution is 2.45. The van der Waals surface area contributed by atoms with Crippen molar-refractivity contribution >= 4 is 23.6 Å². The number of Topliss-reactive ketones (excluding diaryl/α,β-unsaturated/α-hetero) is 1. The van der Waals surface area contributed by atoms with Gasteiger partial charge in [0.05, 0.1) is 29.8 Å². The summed E-state index contributed by atoms with van der Waals surface area (Å²) in [5.41, 5.74) is -3.27. The van der Waals surface area contributed by atoms with Gasteiger partial charge in [0.2, 0.25) is 0 Å². The van der Waals surface area contributed by atoms with Crippen LogP contribution in [0.2, 0.25) is 0 Å². The van der Waals surface area contributed by atoms with Gasteiger partial charge in [0.25, 0.3) is 5.67 Å². The topological polar surface area (TPSA) is 157 Å². The molecule has 1 aromatic carbocycles. The van der Waals surface area contributed by atoms with Crippen LogP contribution in [0.3, 0.4) is 0 Å². The van der Waals surface area contributed by atoms with Gasteiger partial charge in [-0.05, 0) is 73.4 Å². The minimum atomic E-state index is -3.13. The highest BCUT2D eigenvalue weighted by Gasteiger charge is 2.63. The summed E-state index contributed by atoms with van der Waals surface area (Å²) in [4.78, 5) is 54.2. The summed E-state index contributed by atoms with van der Waals surface area (Å²) in [5.74, 6) is -4.55. The summed E-state index contributed by atoms with van der Waals surface area (Å²) in [5, 5.41) is 15.0. The van der Waals surface area contributed by atoms with Crippen molar-refractivity contribution in [3.05, 3.63) is 42.9 Å². The number of carbonyl (C=O) groups is 3. The van der Waals surface area contributed by atoms with Crippen LogP contribution in [0.15, 0.2) is 47.8 Å². The SMILES string of the molecule is CC[C@@H]1OC(=O)C(C)(F)C(=O)[C@H](C)[C@@H](O[C@@H]2O[C@H](C)C[C@H](N(C)C)[C@H]2O)[C@@](C)(OC)C[C@@H](C)C2=NCN(CCCn3cnc(-c4ccccc4)c3)N3C(=O)O[C@@]1(C)[C@H]3[C@@H]2C. The number of amides is 1. The number of rotatable bonds is 10. The number of hydrogen-bond donors (Lipinski definition) is 1. The van der Waals surface area contributed by atoms with E-state index in [-0.39, 0.29) is 37.6 Å². The molecule has 4 aliphatic heterocycles. The quantitative estimate of drug-likeness (QED) is 0.244. The average molecular weight is 841 g/mol. The maximum Gasteiger partial charge on any atom is 0.425 e. The zero-order chi connectivity index (χ0) is 43.9. The number of aliphatic hydroxyl groups is 1. The standard InChI is InChI=1S/C44H65FN6O9/c1-12-33-44(8)36-28(4)34(47-25-50(51(36)41(55)60-44)20-16-19-49-23-31(46-24-49)30-17-14-13-15-18-30)26(2)22-42(6,56-11)38(29(5)37(53)43(7,45)40(54)58-33)59-39-35(52)32(48(9)10)21-27(3)57-39/h13-15,17-18,23-24,26-29,32-33,35-36,38-39,52H,12,16,19-22,25H2,1-11H3/t26-,27-,28-,29+,32+,33+,35-,36-,38-,39+,42+,43?,44-/m1/s1. The van der Waals surface area contributed by atoms with Crippen LogP contribution in [0.25, 0.3) is 11.3 Å². The maximum atomic E-state index is 17.0. The number of hydrazine groups is 1. The maximum absolute atomic E-state index is 17.0. The number of esters is 1. The number of imidazole rings is 1. The van der Waals surface area contributed by atoms with E-state index in [0.29, 0.717) is 25.9 Å². The van der Waals surface area contributed by atoms with Gasteiger partial charge in [0.1, 0.15) is 24.9 Å². The molecule has 60 heavy (non-hydrogen) atoms. The zero-order valence-corrected chi connectivity index (χ0v) is 37.0. The van der Waals surface area contributed by atoms with E-state index in [1.165, 1.54) is 14.0 Å². The number of ketones is 1. The third-order valence-corrected chi connectivity index (χ3v) is 13.4. The van der Waals surface area contributed by atoms with Crippen LogP contribution in [0.5, 0.6) is 0 Å². The molecule has 0 aliphatic carbocycles. The first-order valence-corrected chi connectivity index (χ1v) is 21.3. The molecule has 332 valence electrons. The normalized spacial score (nSPS) is 38.3. The van der Waals surface area contributed by atoms with E-state index < -0.39 is 77.2 Å². The summed E-state index contributed by atoms with van der Waals surface area (Å²) in [6, 6.07) is 8.86. The van der Waals surface area contributed by atoms with Crippen molar-refractivity contribution in [1.29, 1.82) is 0 Å². The number of alkyl halides is 1. The van der Waals surface area contributed by atoms with Crippen molar-refractivity contribution in [1.82, 2.24) is 24.5 Å². The first-order valence-electron chi connectivity index (χ1n) is 21.3. The molecule has 3 fully saturated rings. The van der Waals surface area contributed by atoms with E-state index in [1.54, 1.807) is 32.1 Å². The largest absolute Gasteiger partial charge is 0.455 e. The molecule has 0 radical (unpaired) electrons. The molecular formula is C44H65FN6O9. The van der Waals surface area contributed by atoms with Gasteiger partial charge in [0, 0.05) is 55.5 Å². The zero-order valence-electron chi connectivity index (χ0n) is 37.0. The number of benzene rings is 1. The third-order valence-electron chi connectivity index (χ3n) is 13.4. The van der Waals surface area contributed by atoms with Crippen LogP contribution >= 0.6 is 0 Å². The number of aliphatic hydroxyl groups excluding tert-OH is 1. The van der Waals surface area contributed by atoms with Crippen LogP contribution < -0.4 is 0 Å². The van der Waals surface area contributed by atoms with Crippen LogP contribution in [0.1, 0.15) is 81.1 Å². The minimum Gasteiger partial charge on any atom is -0.455 e. The summed E-state index contributed by atoms with van der Waals surface area (Å²) < 4.78 is 50.2. The van der Waals surface area contributed by atoms with Crippen molar-refractivity contribution in [2.24, 2.45) is 22.7 Å². The monoisotopic (exact) mass is 840 g/mol. The van der Waals surface area contributed by atoms with Crippen molar-refractivity contribution in [3.8, 4) is 11.3 Å². The Morgan fingerprint density at radius 3 is 2.38 bits per heavy atom. The lowest BCUT2D eigenvalue weighted by molar-refractivity contribution is -0.295. The van der Waals surface area contributed by atoms with Gasteiger partial charge in [-0.2, -0.15) is 5.01 Å². The van der Waals surface area contributed by atoms with E-state index in [0.717, 1.165) is 23.9 Å². The molecule has 4 aliphatic rings. The molecule has 1 unspecified atom stereocenters. The van der Waals surface area contributed by atoms with Gasteiger partial charge in [-0.25, -0.2) is 24.0 Å². The fourth-order valence-electron chi connectivity index (χ4n) is 10.0. The number of aromatic nitrogens is 2. The first kappa shape index (κ1) is 45.7. The molecule has 0 spiro atoms. The lowest BCUT2D eigenvalue weighted by Crippen LogP contribution is -2.62. The Balaban J connectivity index is 1.37. The van der Waals surface area contributed by atoms with E-state index in [2.05, 4.69) is 4.98 Å². The van der Waals surface area contributed by atoms with E-state index in [4.69, 9.17) is 28.7 Å². The highest BCUT2D eigenvalue weighted by atomic mass is 19.1. The number of ether oxygens (including phenoxy) is 5. The summed E-state index contributed by atoms with van der Waals surface area (Å²) in [7, 11) is 5.20. The van der Waals surface area contributed by atoms with Crippen LogP contribution in [-0.2, 0) is 39.8 Å². The molecule has 0 saturated carbocycles. The second kappa shape index (κ2) is 17.9. The second-order valence-electron chi connectivity index (χ2n) is 18.0. The Bertz CT molecular complexity index is 1880. The second-order valence-corrected chi connectivity index (χ2v) is 18.0. The predicted octanol–water partition coefficient (Wildman–Crippen LogP) is 5.30. The number of carbonyl (C=O) groups excluding carboxylic acids is 3. The van der Waals surface area contributed by atoms with Crippen molar-refractivity contribution in [2.45, 2.75) is 147 Å². The van der Waals surface area contributed by atoms with Gasteiger partial charge >= 0.3 is 12.1 Å². The lowest BCUT2D eigenvalue weighted by atomic mass is 9.73. The van der Waals surface area contributed by atoms with Crippen LogP contribution in [0, 0.1) is 17.8 Å². The number of nitrogens with zero attached hydrogens (tertiary/aromatic N) is 6. The van der Waals surface area contributed by atoms with E-state index >= 15 is 4.39 Å². The first-order chi connectivity index (χ1) is 28.3. The van der Waals surface area contributed by atoms with Gasteiger partial charge in [-0.1, -0.05) is 58.0 Å². The number of aryl methyl sites for hydroxylation is 1. The number of halogens is 1. The Kier molecular flexibility index (Phi) is 13.6. The summed E-state index contributed by atoms with van der Waals surface area (Å²) in [6.07, 6.45) is -0.244. The van der Waals surface area contributed by atoms with E-state index in [1.807, 2.05) is 85.9 Å². The molecule has 1 aromatic heterocycles. The molecule has 5 heterocycles. The molecule has 13 atom stereocenters. The number of likely N-dealkylation sites (N-methyl/N-ethyl adjacent to an activating group) is 1. The molecule has 15 nitrogen and oxygen atoms in total. The molecular weight excluding hydrogens is 776 g/mol. The molecule has 1 N–H and O–H groups in total. The Labute approximate surface area is 353 Å². The number of aliphatic imine (C=N–C) groups is 1. The molecule has 1 amide bonds. The molecule has 3 saturated heterocycles. The predicted molar refractivity (Wildman–Crippen MR) is 221 cm³/mol. The Morgan fingerprint density at radius 2 is 1.73 bits per heavy atom. The minimum absolute atomic E-state index is 0.133. The van der Waals surface area contributed by atoms with E-state index in [9.17, 15) is 19.5 Å². The third kappa shape index (κ3) is 8.65. The Hall–Kier alpha value is -3.80. The highest BCUT2D eigenvalue weighted by molar-refractivity contribution is 6.08. The van der Waals surface area contributed by atoms with Crippen molar-refractivity contribution in [2.75, 3.05) is 34.4 Å².